The number of nitrogens with zero attached hydrogens (tertiary/aromatic N) is 1. The van der Waals surface area contributed by atoms with E-state index < -0.39 is 5.97 Å². The van der Waals surface area contributed by atoms with Gasteiger partial charge in [0.25, 0.3) is 5.91 Å². The fourth-order valence-corrected chi connectivity index (χ4v) is 2.88. The van der Waals surface area contributed by atoms with Crippen molar-refractivity contribution in [3.05, 3.63) is 71.2 Å². The van der Waals surface area contributed by atoms with E-state index in [2.05, 4.69) is 5.32 Å². The average Bonchev–Trinajstić information content (AvgIpc) is 3.04. The second kappa shape index (κ2) is 9.20. The molecule has 29 heavy (non-hydrogen) atoms. The molecule has 0 fully saturated rings. The molecule has 3 rings (SSSR count). The minimum atomic E-state index is -0.597. The maximum atomic E-state index is 12.9. The highest BCUT2D eigenvalue weighted by Gasteiger charge is 2.34. The Morgan fingerprint density at radius 1 is 1.17 bits per heavy atom. The van der Waals surface area contributed by atoms with E-state index in [0.29, 0.717) is 18.0 Å². The van der Waals surface area contributed by atoms with E-state index in [4.69, 9.17) is 14.6 Å². The summed E-state index contributed by atoms with van der Waals surface area (Å²) in [5, 5.41) is 12.1. The van der Waals surface area contributed by atoms with Crippen LogP contribution in [0.4, 0.5) is 10.1 Å². The number of β-amino-alcohol motifs (C(OH)–C–C–N with tert-alkyl or cyclic N) is 1. The molecular weight excluding hydrogens is 379 g/mol. The largest absolute Gasteiger partial charge is 0.489 e. The Balaban J connectivity index is 1.67. The molecule has 0 unspecified atom stereocenters. The fraction of sp³-hybridized carbons (Fsp3) is 0.238. The van der Waals surface area contributed by atoms with Crippen molar-refractivity contribution in [2.75, 3.05) is 32.1 Å². The van der Waals surface area contributed by atoms with E-state index in [1.807, 2.05) is 0 Å². The van der Waals surface area contributed by atoms with Gasteiger partial charge in [-0.3, -0.25) is 4.79 Å². The Kier molecular flexibility index (Phi) is 6.46. The van der Waals surface area contributed by atoms with Crippen molar-refractivity contribution in [1.29, 1.82) is 0 Å². The van der Waals surface area contributed by atoms with Crippen molar-refractivity contribution < 1.29 is 28.6 Å². The first kappa shape index (κ1) is 20.3. The Morgan fingerprint density at radius 2 is 1.86 bits per heavy atom. The number of carbonyl (C=O) groups is 2. The van der Waals surface area contributed by atoms with Crippen LogP contribution in [0.1, 0.15) is 5.56 Å². The van der Waals surface area contributed by atoms with Crippen molar-refractivity contribution in [2.24, 2.45) is 0 Å². The molecule has 0 saturated carbocycles. The molecule has 0 aliphatic carbocycles. The second-order valence-corrected chi connectivity index (χ2v) is 6.36. The van der Waals surface area contributed by atoms with E-state index in [9.17, 15) is 14.0 Å². The van der Waals surface area contributed by atoms with Gasteiger partial charge in [0.05, 0.1) is 25.8 Å². The first-order valence-electron chi connectivity index (χ1n) is 8.97. The van der Waals surface area contributed by atoms with Crippen molar-refractivity contribution in [1.82, 2.24) is 4.90 Å². The lowest BCUT2D eigenvalue weighted by Gasteiger charge is -2.15. The number of hydrogen-bond acceptors (Lipinski definition) is 6. The van der Waals surface area contributed by atoms with Crippen LogP contribution >= 0.6 is 0 Å². The molecule has 1 aliphatic heterocycles. The molecule has 0 bridgehead atoms. The van der Waals surface area contributed by atoms with Crippen LogP contribution in [0.3, 0.4) is 0 Å². The molecule has 8 heteroatoms. The standard InChI is InChI=1S/C21H21FN2O5/c1-28-21(27)18-12-24(10-11-25)20(26)19(18)23-16-6-8-17(9-7-16)29-13-14-2-4-15(22)5-3-14/h2-9,23,25H,10-13H2,1H3. The van der Waals surface area contributed by atoms with Crippen molar-refractivity contribution in [3.8, 4) is 5.75 Å². The lowest BCUT2D eigenvalue weighted by molar-refractivity contribution is -0.136. The molecule has 2 aromatic carbocycles. The molecule has 1 aliphatic rings. The number of halogens is 1. The minimum Gasteiger partial charge on any atom is -0.489 e. The van der Waals surface area contributed by atoms with E-state index in [1.54, 1.807) is 36.4 Å². The van der Waals surface area contributed by atoms with Gasteiger partial charge < -0.3 is 24.8 Å². The SMILES string of the molecule is COC(=O)C1=C(Nc2ccc(OCc3ccc(F)cc3)cc2)C(=O)N(CCO)C1. The first-order valence-corrected chi connectivity index (χ1v) is 8.97. The number of aliphatic hydroxyl groups excluding tert-OH is 1. The van der Waals surface area contributed by atoms with Crippen LogP contribution in [-0.2, 0) is 20.9 Å². The maximum Gasteiger partial charge on any atom is 0.337 e. The van der Waals surface area contributed by atoms with Gasteiger partial charge in [0.1, 0.15) is 23.9 Å². The van der Waals surface area contributed by atoms with Crippen LogP contribution in [0.25, 0.3) is 0 Å². The Hall–Kier alpha value is -3.39. The van der Waals surface area contributed by atoms with Gasteiger partial charge in [-0.2, -0.15) is 0 Å². The van der Waals surface area contributed by atoms with E-state index in [-0.39, 0.29) is 42.7 Å². The van der Waals surface area contributed by atoms with Crippen LogP contribution in [-0.4, -0.2) is 48.7 Å². The number of hydrogen-bond donors (Lipinski definition) is 2. The number of anilines is 1. The van der Waals surface area contributed by atoms with Crippen molar-refractivity contribution in [3.63, 3.8) is 0 Å². The molecule has 0 aromatic heterocycles. The van der Waals surface area contributed by atoms with Crippen molar-refractivity contribution in [2.45, 2.75) is 6.61 Å². The predicted octanol–water partition coefficient (Wildman–Crippen LogP) is 2.08. The summed E-state index contributed by atoms with van der Waals surface area (Å²) in [5.74, 6) is -0.679. The molecule has 0 spiro atoms. The topological polar surface area (TPSA) is 88.1 Å². The third-order valence-electron chi connectivity index (χ3n) is 4.40. The lowest BCUT2D eigenvalue weighted by atomic mass is 10.2. The number of nitrogens with one attached hydrogen (secondary N) is 1. The number of carbonyl (C=O) groups excluding carboxylic acids is 2. The van der Waals surface area contributed by atoms with E-state index >= 15 is 0 Å². The summed E-state index contributed by atoms with van der Waals surface area (Å²) in [4.78, 5) is 25.9. The number of esters is 1. The van der Waals surface area contributed by atoms with Crippen molar-refractivity contribution >= 4 is 17.6 Å². The Morgan fingerprint density at radius 3 is 2.48 bits per heavy atom. The smallest absolute Gasteiger partial charge is 0.337 e. The molecule has 0 radical (unpaired) electrons. The quantitative estimate of drug-likeness (QED) is 0.660. The number of rotatable bonds is 8. The third kappa shape index (κ3) is 4.91. The highest BCUT2D eigenvalue weighted by Crippen LogP contribution is 2.24. The normalized spacial score (nSPS) is 13.6. The third-order valence-corrected chi connectivity index (χ3v) is 4.40. The number of ether oxygens (including phenoxy) is 2. The van der Waals surface area contributed by atoms with Gasteiger partial charge in [0.15, 0.2) is 0 Å². The zero-order valence-electron chi connectivity index (χ0n) is 15.9. The van der Waals surface area contributed by atoms with E-state index in [1.165, 1.54) is 24.1 Å². The van der Waals surface area contributed by atoms with Crippen LogP contribution < -0.4 is 10.1 Å². The highest BCUT2D eigenvalue weighted by atomic mass is 19.1. The maximum absolute atomic E-state index is 12.9. The van der Waals surface area contributed by atoms with Gasteiger partial charge in [-0.05, 0) is 42.0 Å². The summed E-state index contributed by atoms with van der Waals surface area (Å²) >= 11 is 0. The molecule has 152 valence electrons. The Bertz CT molecular complexity index is 910. The fourth-order valence-electron chi connectivity index (χ4n) is 2.88. The van der Waals surface area contributed by atoms with Crippen LogP contribution in [0.15, 0.2) is 59.8 Å². The van der Waals surface area contributed by atoms with Crippen LogP contribution in [0, 0.1) is 5.82 Å². The molecule has 1 amide bonds. The van der Waals surface area contributed by atoms with Gasteiger partial charge in [0.2, 0.25) is 0 Å². The molecule has 0 saturated heterocycles. The minimum absolute atomic E-state index is 0.0767. The van der Waals surface area contributed by atoms with Gasteiger partial charge in [-0.25, -0.2) is 9.18 Å². The molecule has 1 heterocycles. The summed E-state index contributed by atoms with van der Waals surface area (Å²) < 4.78 is 23.4. The zero-order valence-corrected chi connectivity index (χ0v) is 15.9. The highest BCUT2D eigenvalue weighted by molar-refractivity contribution is 6.08. The van der Waals surface area contributed by atoms with Gasteiger partial charge >= 0.3 is 5.97 Å². The first-order chi connectivity index (χ1) is 14.0. The van der Waals surface area contributed by atoms with Crippen LogP contribution in [0.5, 0.6) is 5.75 Å². The summed E-state index contributed by atoms with van der Waals surface area (Å²) in [6.45, 7) is 0.292. The van der Waals surface area contributed by atoms with Gasteiger partial charge in [-0.15, -0.1) is 0 Å². The molecular formula is C21H21FN2O5. The number of amides is 1. The summed E-state index contributed by atoms with van der Waals surface area (Å²) in [7, 11) is 1.25. The number of aliphatic hydroxyl groups is 1. The number of benzene rings is 2. The monoisotopic (exact) mass is 400 g/mol. The lowest BCUT2D eigenvalue weighted by Crippen LogP contribution is -2.31. The zero-order chi connectivity index (χ0) is 20.8. The second-order valence-electron chi connectivity index (χ2n) is 6.36. The van der Waals surface area contributed by atoms with E-state index in [0.717, 1.165) is 5.56 Å². The summed E-state index contributed by atoms with van der Waals surface area (Å²) in [6, 6.07) is 12.9. The Labute approximate surface area is 167 Å². The van der Waals surface area contributed by atoms with Crippen LogP contribution in [0.2, 0.25) is 0 Å². The molecule has 2 aromatic rings. The molecule has 7 nitrogen and oxygen atoms in total. The van der Waals surface area contributed by atoms with Gasteiger partial charge in [0, 0.05) is 12.2 Å². The summed E-state index contributed by atoms with van der Waals surface area (Å²) in [6.07, 6.45) is 0. The number of methoxy groups -OCH3 is 1. The summed E-state index contributed by atoms with van der Waals surface area (Å²) in [5.41, 5.74) is 1.77. The van der Waals surface area contributed by atoms with Gasteiger partial charge in [-0.1, -0.05) is 12.1 Å². The predicted molar refractivity (Wildman–Crippen MR) is 104 cm³/mol. The molecule has 0 atom stereocenters. The molecule has 2 N–H and O–H groups in total. The average molecular weight is 400 g/mol.